The molecular weight excluding hydrogens is 472 g/mol. The standard InChI is InChI=1S/C24H25BrN4O3/c1-15-22(25)19-7-5-6-8-20(19)29(15)14-21(30)27-23(24-26-9-10-28(24)2)16-11-17(31-3)13-18(12-16)32-4/h5-13,23H,14H2,1-4H3,(H,27,30). The quantitative estimate of drug-likeness (QED) is 0.412. The third-order valence-corrected chi connectivity index (χ3v) is 6.59. The minimum absolute atomic E-state index is 0.129. The van der Waals surface area contributed by atoms with Crippen LogP contribution in [0.2, 0.25) is 0 Å². The Morgan fingerprint density at radius 1 is 1.16 bits per heavy atom. The molecule has 1 amide bonds. The lowest BCUT2D eigenvalue weighted by molar-refractivity contribution is -0.122. The first-order valence-corrected chi connectivity index (χ1v) is 10.9. The Morgan fingerprint density at radius 2 is 1.84 bits per heavy atom. The number of ether oxygens (including phenoxy) is 2. The van der Waals surface area contributed by atoms with Crippen molar-refractivity contribution in [2.24, 2.45) is 7.05 Å². The molecule has 0 bridgehead atoms. The van der Waals surface area contributed by atoms with E-state index in [4.69, 9.17) is 9.47 Å². The highest BCUT2D eigenvalue weighted by atomic mass is 79.9. The first-order valence-electron chi connectivity index (χ1n) is 10.2. The molecule has 0 saturated carbocycles. The highest BCUT2D eigenvalue weighted by Gasteiger charge is 2.23. The summed E-state index contributed by atoms with van der Waals surface area (Å²) in [5.41, 5.74) is 2.82. The molecule has 0 aliphatic carbocycles. The van der Waals surface area contributed by atoms with E-state index in [0.717, 1.165) is 26.6 Å². The minimum Gasteiger partial charge on any atom is -0.497 e. The van der Waals surface area contributed by atoms with Crippen molar-refractivity contribution in [1.82, 2.24) is 19.4 Å². The van der Waals surface area contributed by atoms with Gasteiger partial charge in [-0.05, 0) is 46.6 Å². The average molecular weight is 497 g/mol. The third kappa shape index (κ3) is 4.10. The number of imidazole rings is 1. The van der Waals surface area contributed by atoms with Crippen LogP contribution in [-0.2, 0) is 18.4 Å². The lowest BCUT2D eigenvalue weighted by atomic mass is 10.0. The maximum atomic E-state index is 13.3. The Balaban J connectivity index is 1.70. The van der Waals surface area contributed by atoms with Crippen LogP contribution in [0.5, 0.6) is 11.5 Å². The van der Waals surface area contributed by atoms with E-state index in [1.165, 1.54) is 0 Å². The molecule has 4 rings (SSSR count). The number of rotatable bonds is 7. The molecule has 1 unspecified atom stereocenters. The van der Waals surface area contributed by atoms with E-state index in [-0.39, 0.29) is 12.5 Å². The zero-order valence-corrected chi connectivity index (χ0v) is 20.0. The molecule has 0 aliphatic rings. The Kier molecular flexibility index (Phi) is 6.23. The fraction of sp³-hybridized carbons (Fsp3) is 0.250. The number of benzene rings is 2. The maximum Gasteiger partial charge on any atom is 0.240 e. The molecule has 0 radical (unpaired) electrons. The van der Waals surface area contributed by atoms with Gasteiger partial charge in [0.2, 0.25) is 5.91 Å². The van der Waals surface area contributed by atoms with Gasteiger partial charge < -0.3 is 23.9 Å². The van der Waals surface area contributed by atoms with Crippen LogP contribution >= 0.6 is 15.9 Å². The molecule has 166 valence electrons. The number of halogens is 1. The smallest absolute Gasteiger partial charge is 0.240 e. The highest BCUT2D eigenvalue weighted by molar-refractivity contribution is 9.10. The molecule has 1 atom stereocenters. The summed E-state index contributed by atoms with van der Waals surface area (Å²) in [5, 5.41) is 4.24. The van der Waals surface area contributed by atoms with Crippen molar-refractivity contribution in [2.45, 2.75) is 19.5 Å². The fourth-order valence-electron chi connectivity index (χ4n) is 3.89. The lowest BCUT2D eigenvalue weighted by Gasteiger charge is -2.21. The van der Waals surface area contributed by atoms with E-state index >= 15 is 0 Å². The second-order valence-electron chi connectivity index (χ2n) is 7.55. The number of aromatic nitrogens is 3. The molecule has 1 N–H and O–H groups in total. The number of para-hydroxylation sites is 1. The van der Waals surface area contributed by atoms with Crippen molar-refractivity contribution in [3.8, 4) is 11.5 Å². The molecule has 7 nitrogen and oxygen atoms in total. The van der Waals surface area contributed by atoms with Gasteiger partial charge in [-0.3, -0.25) is 4.79 Å². The normalized spacial score (nSPS) is 12.0. The van der Waals surface area contributed by atoms with E-state index in [1.54, 1.807) is 26.5 Å². The van der Waals surface area contributed by atoms with Gasteiger partial charge in [0, 0.05) is 46.6 Å². The Bertz CT molecular complexity index is 1260. The first kappa shape index (κ1) is 22.0. The molecule has 32 heavy (non-hydrogen) atoms. The van der Waals surface area contributed by atoms with Crippen LogP contribution < -0.4 is 14.8 Å². The fourth-order valence-corrected chi connectivity index (χ4v) is 4.44. The van der Waals surface area contributed by atoms with Crippen molar-refractivity contribution in [3.05, 3.63) is 76.4 Å². The van der Waals surface area contributed by atoms with Gasteiger partial charge in [-0.2, -0.15) is 0 Å². The van der Waals surface area contributed by atoms with E-state index < -0.39 is 6.04 Å². The topological polar surface area (TPSA) is 70.3 Å². The molecule has 0 aliphatic heterocycles. The second kappa shape index (κ2) is 9.08. The van der Waals surface area contributed by atoms with Crippen molar-refractivity contribution < 1.29 is 14.3 Å². The zero-order chi connectivity index (χ0) is 22.8. The Morgan fingerprint density at radius 3 is 2.47 bits per heavy atom. The number of carbonyl (C=O) groups is 1. The molecule has 0 saturated heterocycles. The number of hydrogen-bond acceptors (Lipinski definition) is 4. The summed E-state index contributed by atoms with van der Waals surface area (Å²) in [7, 11) is 5.11. The van der Waals surface area contributed by atoms with Gasteiger partial charge in [0.05, 0.1) is 14.2 Å². The van der Waals surface area contributed by atoms with Gasteiger partial charge in [-0.25, -0.2) is 4.98 Å². The predicted molar refractivity (Wildman–Crippen MR) is 127 cm³/mol. The molecule has 2 aromatic carbocycles. The van der Waals surface area contributed by atoms with Gasteiger partial charge in [0.25, 0.3) is 0 Å². The number of nitrogens with zero attached hydrogens (tertiary/aromatic N) is 3. The van der Waals surface area contributed by atoms with Crippen LogP contribution in [0.25, 0.3) is 10.9 Å². The van der Waals surface area contributed by atoms with Crippen LogP contribution in [0.4, 0.5) is 0 Å². The van der Waals surface area contributed by atoms with Crippen molar-refractivity contribution in [1.29, 1.82) is 0 Å². The minimum atomic E-state index is -0.475. The lowest BCUT2D eigenvalue weighted by Crippen LogP contribution is -2.33. The number of methoxy groups -OCH3 is 2. The number of nitrogens with one attached hydrogen (secondary N) is 1. The summed E-state index contributed by atoms with van der Waals surface area (Å²) in [6, 6.07) is 13.1. The van der Waals surface area contributed by atoms with Crippen molar-refractivity contribution >= 4 is 32.7 Å². The monoisotopic (exact) mass is 496 g/mol. The van der Waals surface area contributed by atoms with Crippen molar-refractivity contribution in [2.75, 3.05) is 14.2 Å². The van der Waals surface area contributed by atoms with Gasteiger partial charge in [0.1, 0.15) is 29.9 Å². The van der Waals surface area contributed by atoms with Crippen LogP contribution in [0.1, 0.15) is 23.1 Å². The summed E-state index contributed by atoms with van der Waals surface area (Å²) in [6.45, 7) is 2.18. The van der Waals surface area contributed by atoms with Gasteiger partial charge in [0.15, 0.2) is 0 Å². The predicted octanol–water partition coefficient (Wildman–Crippen LogP) is 4.37. The van der Waals surface area contributed by atoms with Gasteiger partial charge in [-0.15, -0.1) is 0 Å². The SMILES string of the molecule is COc1cc(OC)cc(C(NC(=O)Cn2c(C)c(Br)c3ccccc32)c2nccn2C)c1. The number of fused-ring (bicyclic) bond motifs is 1. The molecule has 4 aromatic rings. The molecular formula is C24H25BrN4O3. The maximum absolute atomic E-state index is 13.3. The zero-order valence-electron chi connectivity index (χ0n) is 18.4. The number of carbonyl (C=O) groups excluding carboxylic acids is 1. The van der Waals surface area contributed by atoms with Gasteiger partial charge >= 0.3 is 0 Å². The van der Waals surface area contributed by atoms with Crippen LogP contribution in [-0.4, -0.2) is 34.2 Å². The van der Waals surface area contributed by atoms with E-state index in [9.17, 15) is 4.79 Å². The molecule has 8 heteroatoms. The van der Waals surface area contributed by atoms with E-state index in [1.807, 2.05) is 65.7 Å². The molecule has 0 fully saturated rings. The van der Waals surface area contributed by atoms with Crippen LogP contribution in [0, 0.1) is 6.92 Å². The molecule has 2 aromatic heterocycles. The van der Waals surface area contributed by atoms with Crippen molar-refractivity contribution in [3.63, 3.8) is 0 Å². The average Bonchev–Trinajstić information content (AvgIpc) is 3.34. The number of aryl methyl sites for hydroxylation is 1. The van der Waals surface area contributed by atoms with Crippen LogP contribution in [0.15, 0.2) is 59.3 Å². The highest BCUT2D eigenvalue weighted by Crippen LogP contribution is 2.31. The van der Waals surface area contributed by atoms with E-state index in [2.05, 4.69) is 26.2 Å². The Labute approximate surface area is 195 Å². The van der Waals surface area contributed by atoms with Gasteiger partial charge in [-0.1, -0.05) is 18.2 Å². The summed E-state index contributed by atoms with van der Waals surface area (Å²) in [5.74, 6) is 1.87. The summed E-state index contributed by atoms with van der Waals surface area (Å²) in [4.78, 5) is 17.8. The number of hydrogen-bond donors (Lipinski definition) is 1. The van der Waals surface area contributed by atoms with E-state index in [0.29, 0.717) is 17.3 Å². The summed E-state index contributed by atoms with van der Waals surface area (Å²) < 4.78 is 15.8. The molecule has 2 heterocycles. The largest absolute Gasteiger partial charge is 0.497 e. The van der Waals surface area contributed by atoms with Crippen LogP contribution in [0.3, 0.4) is 0 Å². The summed E-state index contributed by atoms with van der Waals surface area (Å²) in [6.07, 6.45) is 3.57. The molecule has 0 spiro atoms. The first-order chi connectivity index (χ1) is 15.4. The third-order valence-electron chi connectivity index (χ3n) is 5.58. The summed E-state index contributed by atoms with van der Waals surface area (Å²) >= 11 is 3.66. The number of amides is 1. The Hall–Kier alpha value is -3.26. The second-order valence-corrected chi connectivity index (χ2v) is 8.34.